The van der Waals surface area contributed by atoms with Crippen molar-refractivity contribution in [2.45, 2.75) is 0 Å². The van der Waals surface area contributed by atoms with Gasteiger partial charge in [0.05, 0.1) is 0 Å². The molecule has 0 unspecified atom stereocenters. The van der Waals surface area contributed by atoms with Gasteiger partial charge in [0.15, 0.2) is 0 Å². The van der Waals surface area contributed by atoms with Crippen molar-refractivity contribution >= 4 is 49.8 Å². The van der Waals surface area contributed by atoms with E-state index >= 15 is 0 Å². The van der Waals surface area contributed by atoms with Crippen LogP contribution >= 0.6 is 0 Å². The number of rotatable bonds is 6. The maximum absolute atomic E-state index is 6.08. The summed E-state index contributed by atoms with van der Waals surface area (Å²) < 4.78 is 6.08. The Labute approximate surface area is 279 Å². The lowest BCUT2D eigenvalue weighted by Crippen LogP contribution is -2.09. The van der Waals surface area contributed by atoms with Crippen LogP contribution < -0.4 is 4.90 Å². The van der Waals surface area contributed by atoms with Crippen molar-refractivity contribution < 1.29 is 4.42 Å². The molecule has 0 saturated carbocycles. The summed E-state index contributed by atoms with van der Waals surface area (Å²) in [6.07, 6.45) is 0. The zero-order chi connectivity index (χ0) is 31.9. The van der Waals surface area contributed by atoms with Crippen LogP contribution in [0.5, 0.6) is 0 Å². The van der Waals surface area contributed by atoms with Gasteiger partial charge in [-0.1, -0.05) is 133 Å². The number of fused-ring (bicyclic) bond motifs is 4. The second kappa shape index (κ2) is 11.8. The van der Waals surface area contributed by atoms with E-state index in [2.05, 4.69) is 181 Å². The van der Waals surface area contributed by atoms with Crippen LogP contribution in [0.25, 0.3) is 66.1 Å². The van der Waals surface area contributed by atoms with Gasteiger partial charge in [0.25, 0.3) is 0 Å². The van der Waals surface area contributed by atoms with E-state index in [0.717, 1.165) is 44.6 Å². The zero-order valence-electron chi connectivity index (χ0n) is 26.3. The molecule has 8 aromatic carbocycles. The van der Waals surface area contributed by atoms with E-state index in [1.165, 1.54) is 38.6 Å². The van der Waals surface area contributed by atoms with Gasteiger partial charge in [-0.2, -0.15) is 0 Å². The Morgan fingerprint density at radius 1 is 0.312 bits per heavy atom. The molecule has 1 heterocycles. The summed E-state index contributed by atoms with van der Waals surface area (Å²) in [7, 11) is 0. The van der Waals surface area contributed by atoms with Crippen LogP contribution in [0.15, 0.2) is 192 Å². The number of hydrogen-bond acceptors (Lipinski definition) is 2. The fourth-order valence-corrected chi connectivity index (χ4v) is 6.86. The second-order valence-electron chi connectivity index (χ2n) is 12.2. The van der Waals surface area contributed by atoms with Crippen molar-refractivity contribution in [2.75, 3.05) is 4.90 Å². The smallest absolute Gasteiger partial charge is 0.135 e. The standard InChI is InChI=1S/C46H31NO/c1-2-9-32(10-3-1)33-17-24-38(25-18-33)47(40-28-21-36(22-29-40)42-15-8-12-35-11-4-5-13-41(35)42)39-26-19-34(20-27-39)37-23-30-46-44(31-37)43-14-6-7-16-45(43)48-46/h1-31H. The molecule has 226 valence electrons. The first-order valence-electron chi connectivity index (χ1n) is 16.3. The monoisotopic (exact) mass is 613 g/mol. The lowest BCUT2D eigenvalue weighted by molar-refractivity contribution is 0.669. The molecule has 0 aliphatic rings. The van der Waals surface area contributed by atoms with Gasteiger partial charge in [-0.15, -0.1) is 0 Å². The van der Waals surface area contributed by atoms with Gasteiger partial charge in [-0.25, -0.2) is 0 Å². The number of benzene rings is 8. The van der Waals surface area contributed by atoms with Crippen molar-refractivity contribution in [3.8, 4) is 33.4 Å². The fraction of sp³-hybridized carbons (Fsp3) is 0. The number of nitrogens with zero attached hydrogens (tertiary/aromatic N) is 1. The van der Waals surface area contributed by atoms with E-state index in [-0.39, 0.29) is 0 Å². The summed E-state index contributed by atoms with van der Waals surface area (Å²) in [5, 5.41) is 4.79. The van der Waals surface area contributed by atoms with Crippen LogP contribution in [0.2, 0.25) is 0 Å². The van der Waals surface area contributed by atoms with Crippen molar-refractivity contribution in [1.82, 2.24) is 0 Å². The molecule has 9 aromatic rings. The van der Waals surface area contributed by atoms with E-state index in [4.69, 9.17) is 4.42 Å². The quantitative estimate of drug-likeness (QED) is 0.185. The lowest BCUT2D eigenvalue weighted by atomic mass is 9.98. The SMILES string of the molecule is c1ccc(-c2ccc(N(c3ccc(-c4ccc5oc6ccccc6c5c4)cc3)c3ccc(-c4cccc5ccccc45)cc3)cc2)cc1. The zero-order valence-corrected chi connectivity index (χ0v) is 26.3. The van der Waals surface area contributed by atoms with Gasteiger partial charge < -0.3 is 9.32 Å². The predicted octanol–water partition coefficient (Wildman–Crippen LogP) is 13.2. The third kappa shape index (κ3) is 5.01. The molecule has 2 heteroatoms. The third-order valence-corrected chi connectivity index (χ3v) is 9.29. The summed E-state index contributed by atoms with van der Waals surface area (Å²) >= 11 is 0. The molecule has 0 N–H and O–H groups in total. The van der Waals surface area contributed by atoms with E-state index in [9.17, 15) is 0 Å². The Hall–Kier alpha value is -6.38. The van der Waals surface area contributed by atoms with Gasteiger partial charge in [0.2, 0.25) is 0 Å². The molecule has 0 bridgehead atoms. The first-order valence-corrected chi connectivity index (χ1v) is 16.3. The summed E-state index contributed by atoms with van der Waals surface area (Å²) in [4.78, 5) is 2.33. The minimum atomic E-state index is 0.911. The normalized spacial score (nSPS) is 11.3. The van der Waals surface area contributed by atoms with Crippen LogP contribution in [0.4, 0.5) is 17.1 Å². The van der Waals surface area contributed by atoms with Crippen molar-refractivity contribution in [1.29, 1.82) is 0 Å². The van der Waals surface area contributed by atoms with Crippen LogP contribution in [0.3, 0.4) is 0 Å². The number of para-hydroxylation sites is 1. The molecule has 0 aliphatic carbocycles. The largest absolute Gasteiger partial charge is 0.456 e. The highest BCUT2D eigenvalue weighted by atomic mass is 16.3. The van der Waals surface area contributed by atoms with Crippen molar-refractivity contribution in [3.63, 3.8) is 0 Å². The number of furan rings is 1. The number of anilines is 3. The Morgan fingerprint density at radius 2 is 0.812 bits per heavy atom. The second-order valence-corrected chi connectivity index (χ2v) is 12.2. The summed E-state index contributed by atoms with van der Waals surface area (Å²) in [5.41, 5.74) is 12.3. The maximum Gasteiger partial charge on any atom is 0.135 e. The first kappa shape index (κ1) is 27.9. The van der Waals surface area contributed by atoms with Gasteiger partial charge in [-0.05, 0) is 98.8 Å². The first-order chi connectivity index (χ1) is 23.8. The molecule has 0 atom stereocenters. The highest BCUT2D eigenvalue weighted by molar-refractivity contribution is 6.06. The van der Waals surface area contributed by atoms with Crippen LogP contribution in [0, 0.1) is 0 Å². The predicted molar refractivity (Wildman–Crippen MR) is 202 cm³/mol. The maximum atomic E-state index is 6.08. The van der Waals surface area contributed by atoms with E-state index < -0.39 is 0 Å². The van der Waals surface area contributed by atoms with Crippen molar-refractivity contribution in [2.24, 2.45) is 0 Å². The summed E-state index contributed by atoms with van der Waals surface area (Å²) in [5.74, 6) is 0. The fourth-order valence-electron chi connectivity index (χ4n) is 6.86. The highest BCUT2D eigenvalue weighted by Gasteiger charge is 2.15. The Balaban J connectivity index is 1.10. The molecule has 0 radical (unpaired) electrons. The lowest BCUT2D eigenvalue weighted by Gasteiger charge is -2.26. The van der Waals surface area contributed by atoms with Crippen LogP contribution in [0.1, 0.15) is 0 Å². The average molecular weight is 614 g/mol. The molecular weight excluding hydrogens is 583 g/mol. The average Bonchev–Trinajstić information content (AvgIpc) is 3.54. The molecule has 1 aromatic heterocycles. The third-order valence-electron chi connectivity index (χ3n) is 9.29. The Bertz CT molecular complexity index is 2520. The summed E-state index contributed by atoms with van der Waals surface area (Å²) in [6.45, 7) is 0. The minimum Gasteiger partial charge on any atom is -0.456 e. The highest BCUT2D eigenvalue weighted by Crippen LogP contribution is 2.39. The van der Waals surface area contributed by atoms with Gasteiger partial charge in [0.1, 0.15) is 11.2 Å². The molecule has 0 saturated heterocycles. The van der Waals surface area contributed by atoms with E-state index in [1.807, 2.05) is 12.1 Å². The van der Waals surface area contributed by atoms with Crippen molar-refractivity contribution in [3.05, 3.63) is 188 Å². The Morgan fingerprint density at radius 3 is 1.52 bits per heavy atom. The molecule has 0 spiro atoms. The van der Waals surface area contributed by atoms with E-state index in [1.54, 1.807) is 0 Å². The molecule has 48 heavy (non-hydrogen) atoms. The van der Waals surface area contributed by atoms with Gasteiger partial charge in [-0.3, -0.25) is 0 Å². The van der Waals surface area contributed by atoms with Crippen LogP contribution in [-0.4, -0.2) is 0 Å². The molecule has 2 nitrogen and oxygen atoms in total. The summed E-state index contributed by atoms with van der Waals surface area (Å²) in [6, 6.07) is 67.0. The number of hydrogen-bond donors (Lipinski definition) is 0. The van der Waals surface area contributed by atoms with Gasteiger partial charge in [0, 0.05) is 27.8 Å². The van der Waals surface area contributed by atoms with Crippen LogP contribution in [-0.2, 0) is 0 Å². The minimum absolute atomic E-state index is 0.911. The molecule has 9 rings (SSSR count). The molecule has 0 amide bonds. The molecular formula is C46H31NO. The molecule has 0 fully saturated rings. The topological polar surface area (TPSA) is 16.4 Å². The molecule has 0 aliphatic heterocycles. The Kier molecular flexibility index (Phi) is 6.84. The van der Waals surface area contributed by atoms with Gasteiger partial charge >= 0.3 is 0 Å². The van der Waals surface area contributed by atoms with E-state index in [0.29, 0.717) is 0 Å².